The summed E-state index contributed by atoms with van der Waals surface area (Å²) in [5.41, 5.74) is 6.15. The van der Waals surface area contributed by atoms with Crippen LogP contribution in [0.1, 0.15) is 26.2 Å². The number of rotatable bonds is 5. The first-order valence-corrected chi connectivity index (χ1v) is 8.39. The lowest BCUT2D eigenvalue weighted by Crippen LogP contribution is -2.54. The minimum atomic E-state index is -0.363. The van der Waals surface area contributed by atoms with E-state index in [0.717, 1.165) is 12.8 Å². The van der Waals surface area contributed by atoms with E-state index in [-0.39, 0.29) is 42.1 Å². The van der Waals surface area contributed by atoms with Crippen molar-refractivity contribution in [2.45, 2.75) is 31.7 Å². The zero-order valence-corrected chi connectivity index (χ0v) is 15.2. The van der Waals surface area contributed by atoms with Crippen molar-refractivity contribution in [3.63, 3.8) is 0 Å². The number of anilines is 1. The zero-order chi connectivity index (χ0) is 16.6. The second-order valence-electron chi connectivity index (χ2n) is 6.74. The van der Waals surface area contributed by atoms with E-state index >= 15 is 0 Å². The third-order valence-electron chi connectivity index (χ3n) is 4.95. The van der Waals surface area contributed by atoms with Gasteiger partial charge in [0.25, 0.3) is 0 Å². The van der Waals surface area contributed by atoms with Crippen molar-refractivity contribution in [1.29, 1.82) is 0 Å². The molecule has 2 unspecified atom stereocenters. The third-order valence-corrected chi connectivity index (χ3v) is 5.27. The molecule has 2 aliphatic rings. The highest BCUT2D eigenvalue weighted by Gasteiger charge is 2.44. The van der Waals surface area contributed by atoms with E-state index in [1.165, 1.54) is 0 Å². The molecule has 3 N–H and O–H groups in total. The van der Waals surface area contributed by atoms with Gasteiger partial charge in [-0.05, 0) is 37.8 Å². The lowest BCUT2D eigenvalue weighted by atomic mass is 9.94. The predicted molar refractivity (Wildman–Crippen MR) is 97.5 cm³/mol. The summed E-state index contributed by atoms with van der Waals surface area (Å²) in [4.78, 5) is 26.5. The number of hydrogen-bond donors (Lipinski definition) is 2. The van der Waals surface area contributed by atoms with Gasteiger partial charge < -0.3 is 16.0 Å². The summed E-state index contributed by atoms with van der Waals surface area (Å²) < 4.78 is 0. The molecule has 0 bridgehead atoms. The number of carbonyl (C=O) groups excluding carboxylic acids is 2. The molecule has 1 aliphatic carbocycles. The Kier molecular flexibility index (Phi) is 5.78. The second-order valence-corrected chi connectivity index (χ2v) is 7.15. The molecule has 24 heavy (non-hydrogen) atoms. The highest BCUT2D eigenvalue weighted by atomic mass is 35.5. The smallest absolute Gasteiger partial charge is 0.227 e. The predicted octanol–water partition coefficient (Wildman–Crippen LogP) is 2.36. The molecule has 1 saturated heterocycles. The maximum absolute atomic E-state index is 12.6. The Bertz CT molecular complexity index is 636. The van der Waals surface area contributed by atoms with Crippen LogP contribution in [-0.2, 0) is 9.59 Å². The van der Waals surface area contributed by atoms with Crippen molar-refractivity contribution < 1.29 is 9.59 Å². The van der Waals surface area contributed by atoms with Crippen molar-refractivity contribution >= 4 is 41.5 Å². The van der Waals surface area contributed by atoms with Gasteiger partial charge in [-0.25, -0.2) is 0 Å². The van der Waals surface area contributed by atoms with Crippen LogP contribution in [0, 0.1) is 11.8 Å². The van der Waals surface area contributed by atoms with Crippen molar-refractivity contribution in [3.8, 4) is 0 Å². The molecule has 132 valence electrons. The van der Waals surface area contributed by atoms with Crippen LogP contribution >= 0.6 is 24.0 Å². The number of carbonyl (C=O) groups is 2. The number of nitrogens with two attached hydrogens (primary N) is 1. The van der Waals surface area contributed by atoms with Crippen molar-refractivity contribution in [1.82, 2.24) is 5.32 Å². The Labute approximate surface area is 153 Å². The molecule has 2 atom stereocenters. The molecule has 5 nitrogen and oxygen atoms in total. The molecule has 3 rings (SSSR count). The monoisotopic (exact) mass is 371 g/mol. The van der Waals surface area contributed by atoms with Crippen molar-refractivity contribution in [2.24, 2.45) is 17.6 Å². The molecular weight excluding hydrogens is 349 g/mol. The molecular formula is C17H23Cl2N3O2. The number of halogens is 2. The lowest BCUT2D eigenvalue weighted by Gasteiger charge is -2.30. The van der Waals surface area contributed by atoms with Gasteiger partial charge in [-0.1, -0.05) is 23.7 Å². The average molecular weight is 372 g/mol. The van der Waals surface area contributed by atoms with Crippen LogP contribution in [0.2, 0.25) is 5.02 Å². The minimum Gasteiger partial charge on any atom is -0.349 e. The third kappa shape index (κ3) is 3.68. The molecule has 2 amide bonds. The first-order valence-electron chi connectivity index (χ1n) is 8.01. The van der Waals surface area contributed by atoms with Crippen LogP contribution in [0.5, 0.6) is 0 Å². The Balaban J connectivity index is 0.00000208. The first kappa shape index (κ1) is 19.0. The quantitative estimate of drug-likeness (QED) is 0.833. The number of para-hydroxylation sites is 1. The molecule has 1 heterocycles. The molecule has 7 heteroatoms. The Morgan fingerprint density at radius 1 is 1.42 bits per heavy atom. The van der Waals surface area contributed by atoms with Gasteiger partial charge in [0.1, 0.15) is 0 Å². The summed E-state index contributed by atoms with van der Waals surface area (Å²) in [7, 11) is 0. The standard InChI is InChI=1S/C17H22ClN3O2.ClH/c1-17(10-19,12-6-7-12)20-16(23)11-8-15(22)21(9-11)14-5-3-2-4-13(14)18;/h2-5,11-12H,6-10,19H2,1H3,(H,20,23);1H. The van der Waals surface area contributed by atoms with Crippen molar-refractivity contribution in [2.75, 3.05) is 18.0 Å². The van der Waals surface area contributed by atoms with Crippen LogP contribution in [0.25, 0.3) is 0 Å². The normalized spacial score (nSPS) is 22.7. The first-order chi connectivity index (χ1) is 10.9. The van der Waals surface area contributed by atoms with Crippen LogP contribution < -0.4 is 16.0 Å². The minimum absolute atomic E-state index is 0. The maximum atomic E-state index is 12.6. The van der Waals surface area contributed by atoms with E-state index in [2.05, 4.69) is 5.32 Å². The van der Waals surface area contributed by atoms with Gasteiger partial charge in [-0.3, -0.25) is 9.59 Å². The molecule has 0 spiro atoms. The fourth-order valence-corrected chi connectivity index (χ4v) is 3.45. The van der Waals surface area contributed by atoms with E-state index in [9.17, 15) is 9.59 Å². The van der Waals surface area contributed by atoms with E-state index in [1.54, 1.807) is 17.0 Å². The Morgan fingerprint density at radius 2 is 2.08 bits per heavy atom. The summed E-state index contributed by atoms with van der Waals surface area (Å²) in [6.45, 7) is 2.77. The van der Waals surface area contributed by atoms with Crippen molar-refractivity contribution in [3.05, 3.63) is 29.3 Å². The van der Waals surface area contributed by atoms with Crippen LogP contribution in [0.15, 0.2) is 24.3 Å². The molecule has 1 aromatic carbocycles. The van der Waals surface area contributed by atoms with Crippen LogP contribution in [0.4, 0.5) is 5.69 Å². The average Bonchev–Trinajstić information content (AvgIpc) is 3.31. The van der Waals surface area contributed by atoms with E-state index in [1.807, 2.05) is 19.1 Å². The van der Waals surface area contributed by atoms with Gasteiger partial charge in [0.05, 0.1) is 22.2 Å². The highest BCUT2D eigenvalue weighted by molar-refractivity contribution is 6.33. The SMILES string of the molecule is CC(CN)(NC(=O)C1CC(=O)N(c2ccccc2Cl)C1)C1CC1.Cl. The molecule has 2 fully saturated rings. The molecule has 0 aromatic heterocycles. The number of nitrogens with zero attached hydrogens (tertiary/aromatic N) is 1. The Morgan fingerprint density at radius 3 is 2.67 bits per heavy atom. The summed E-state index contributed by atoms with van der Waals surface area (Å²) in [5, 5.41) is 3.60. The lowest BCUT2D eigenvalue weighted by molar-refractivity contribution is -0.128. The Hall–Kier alpha value is -1.30. The van der Waals surface area contributed by atoms with Gasteiger partial charge in [-0.15, -0.1) is 12.4 Å². The summed E-state index contributed by atoms with van der Waals surface area (Å²) in [6.07, 6.45) is 2.41. The fraction of sp³-hybridized carbons (Fsp3) is 0.529. The van der Waals surface area contributed by atoms with Crippen LogP contribution in [0.3, 0.4) is 0 Å². The summed E-state index contributed by atoms with van der Waals surface area (Å²) in [6, 6.07) is 7.20. The van der Waals surface area contributed by atoms with Gasteiger partial charge in [0.2, 0.25) is 11.8 Å². The number of benzene rings is 1. The maximum Gasteiger partial charge on any atom is 0.227 e. The van der Waals surface area contributed by atoms with E-state index in [0.29, 0.717) is 29.7 Å². The number of nitrogens with one attached hydrogen (secondary N) is 1. The molecule has 0 radical (unpaired) electrons. The molecule has 1 aliphatic heterocycles. The van der Waals surface area contributed by atoms with Gasteiger partial charge in [0.15, 0.2) is 0 Å². The van der Waals surface area contributed by atoms with Gasteiger partial charge >= 0.3 is 0 Å². The summed E-state index contributed by atoms with van der Waals surface area (Å²) >= 11 is 6.16. The van der Waals surface area contributed by atoms with Gasteiger partial charge in [-0.2, -0.15) is 0 Å². The van der Waals surface area contributed by atoms with E-state index in [4.69, 9.17) is 17.3 Å². The molecule has 1 aromatic rings. The van der Waals surface area contributed by atoms with E-state index < -0.39 is 0 Å². The zero-order valence-electron chi connectivity index (χ0n) is 13.6. The highest BCUT2D eigenvalue weighted by Crippen LogP contribution is 2.39. The van der Waals surface area contributed by atoms with Gasteiger partial charge in [0, 0.05) is 19.5 Å². The second kappa shape index (κ2) is 7.30. The number of hydrogen-bond acceptors (Lipinski definition) is 3. The number of amides is 2. The largest absolute Gasteiger partial charge is 0.349 e. The molecule has 1 saturated carbocycles. The summed E-state index contributed by atoms with van der Waals surface area (Å²) in [5.74, 6) is -0.0662. The topological polar surface area (TPSA) is 75.4 Å². The fourth-order valence-electron chi connectivity index (χ4n) is 3.21. The van der Waals surface area contributed by atoms with Crippen LogP contribution in [-0.4, -0.2) is 30.4 Å².